The molecule has 0 unspecified atom stereocenters. The summed E-state index contributed by atoms with van der Waals surface area (Å²) in [6, 6.07) is 6.66. The molecule has 11 nitrogen and oxygen atoms in total. The third-order valence-corrected chi connectivity index (χ3v) is 7.32. The average Bonchev–Trinajstić information content (AvgIpc) is 3.18. The summed E-state index contributed by atoms with van der Waals surface area (Å²) < 4.78 is 28.3. The number of fused-ring (bicyclic) bond motifs is 2. The van der Waals surface area contributed by atoms with E-state index >= 15 is 0 Å². The van der Waals surface area contributed by atoms with E-state index in [1.165, 1.54) is 6.20 Å². The first kappa shape index (κ1) is 22.9. The molecule has 0 atom stereocenters. The summed E-state index contributed by atoms with van der Waals surface area (Å²) in [6.45, 7) is 1.19. The SMILES string of the molecule is CN(C)Cc1cccc2ncc(C(=O)NCCCn3c(=O)cc4n(c3=O)CCCS4(=O)=O)n12. The number of hydrogen-bond donors (Lipinski definition) is 1. The van der Waals surface area contributed by atoms with Gasteiger partial charge in [-0.05, 0) is 39.1 Å². The highest BCUT2D eigenvalue weighted by Gasteiger charge is 2.26. The van der Waals surface area contributed by atoms with Crippen LogP contribution in [0.15, 0.2) is 45.1 Å². The molecule has 0 saturated heterocycles. The Morgan fingerprint density at radius 1 is 1.24 bits per heavy atom. The van der Waals surface area contributed by atoms with Gasteiger partial charge >= 0.3 is 5.69 Å². The first-order valence-electron chi connectivity index (χ1n) is 10.6. The maximum absolute atomic E-state index is 12.8. The van der Waals surface area contributed by atoms with Gasteiger partial charge in [0.25, 0.3) is 11.5 Å². The van der Waals surface area contributed by atoms with Crippen LogP contribution in [0.3, 0.4) is 0 Å². The maximum atomic E-state index is 12.8. The van der Waals surface area contributed by atoms with E-state index in [4.69, 9.17) is 0 Å². The lowest BCUT2D eigenvalue weighted by Crippen LogP contribution is -2.44. The van der Waals surface area contributed by atoms with Crippen molar-refractivity contribution < 1.29 is 13.2 Å². The van der Waals surface area contributed by atoms with Crippen LogP contribution >= 0.6 is 0 Å². The number of rotatable bonds is 7. The molecule has 0 fully saturated rings. The van der Waals surface area contributed by atoms with E-state index in [0.717, 1.165) is 20.9 Å². The fourth-order valence-corrected chi connectivity index (χ4v) is 5.53. The third kappa shape index (κ3) is 4.48. The molecule has 1 amide bonds. The van der Waals surface area contributed by atoms with Gasteiger partial charge < -0.3 is 10.2 Å². The Morgan fingerprint density at radius 2 is 2.03 bits per heavy atom. The van der Waals surface area contributed by atoms with Gasteiger partial charge in [0.05, 0.1) is 11.9 Å². The number of carbonyl (C=O) groups is 1. The molecule has 1 N–H and O–H groups in total. The minimum absolute atomic E-state index is 0.0668. The fraction of sp³-hybridized carbons (Fsp3) is 0.429. The van der Waals surface area contributed by atoms with Gasteiger partial charge in [-0.25, -0.2) is 18.2 Å². The Kier molecular flexibility index (Phi) is 6.21. The highest BCUT2D eigenvalue weighted by Crippen LogP contribution is 2.15. The zero-order valence-electron chi connectivity index (χ0n) is 18.5. The van der Waals surface area contributed by atoms with E-state index in [-0.39, 0.29) is 36.3 Å². The first-order valence-corrected chi connectivity index (χ1v) is 12.3. The average molecular weight is 475 g/mol. The van der Waals surface area contributed by atoms with E-state index in [9.17, 15) is 22.8 Å². The van der Waals surface area contributed by atoms with Crippen LogP contribution in [0.4, 0.5) is 0 Å². The van der Waals surface area contributed by atoms with Crippen LogP contribution in [0.25, 0.3) is 5.65 Å². The molecule has 3 aromatic rings. The van der Waals surface area contributed by atoms with Crippen LogP contribution in [-0.2, 0) is 29.5 Å². The molecule has 3 aromatic heterocycles. The van der Waals surface area contributed by atoms with Gasteiger partial charge in [-0.1, -0.05) is 6.07 Å². The number of hydrogen-bond acceptors (Lipinski definition) is 7. The van der Waals surface area contributed by atoms with Crippen LogP contribution in [0.1, 0.15) is 29.0 Å². The summed E-state index contributed by atoms with van der Waals surface area (Å²) in [4.78, 5) is 44.1. The number of amides is 1. The number of imidazole rings is 1. The molecule has 4 rings (SSSR count). The monoisotopic (exact) mass is 474 g/mol. The van der Waals surface area contributed by atoms with Gasteiger partial charge in [0, 0.05) is 37.9 Å². The van der Waals surface area contributed by atoms with Crippen molar-refractivity contribution >= 4 is 21.4 Å². The van der Waals surface area contributed by atoms with Gasteiger partial charge in [-0.2, -0.15) is 0 Å². The summed E-state index contributed by atoms with van der Waals surface area (Å²) in [5.74, 6) is -0.379. The molecule has 0 bridgehead atoms. The highest BCUT2D eigenvalue weighted by atomic mass is 32.2. The smallest absolute Gasteiger partial charge is 0.331 e. The van der Waals surface area contributed by atoms with E-state index in [1.54, 1.807) is 4.40 Å². The molecule has 0 spiro atoms. The van der Waals surface area contributed by atoms with Gasteiger partial charge in [0.2, 0.25) is 0 Å². The second-order valence-electron chi connectivity index (χ2n) is 8.28. The first-order chi connectivity index (χ1) is 15.7. The Morgan fingerprint density at radius 3 is 2.79 bits per heavy atom. The number of nitrogens with zero attached hydrogens (tertiary/aromatic N) is 5. The zero-order chi connectivity index (χ0) is 23.8. The summed E-state index contributed by atoms with van der Waals surface area (Å²) in [5.41, 5.74) is 0.700. The van der Waals surface area contributed by atoms with Crippen LogP contribution in [-0.4, -0.2) is 64.1 Å². The lowest BCUT2D eigenvalue weighted by molar-refractivity contribution is 0.0946. The lowest BCUT2D eigenvalue weighted by Gasteiger charge is -2.19. The van der Waals surface area contributed by atoms with Crippen molar-refractivity contribution in [1.82, 2.24) is 28.7 Å². The van der Waals surface area contributed by atoms with Crippen LogP contribution in [0, 0.1) is 0 Å². The van der Waals surface area contributed by atoms with Crippen molar-refractivity contribution in [2.24, 2.45) is 0 Å². The van der Waals surface area contributed by atoms with Crippen LogP contribution in [0.5, 0.6) is 0 Å². The van der Waals surface area contributed by atoms with Crippen molar-refractivity contribution in [3.8, 4) is 0 Å². The molecule has 4 heterocycles. The van der Waals surface area contributed by atoms with E-state index < -0.39 is 21.1 Å². The summed E-state index contributed by atoms with van der Waals surface area (Å²) in [5, 5.41) is 2.60. The molecule has 33 heavy (non-hydrogen) atoms. The second kappa shape index (κ2) is 8.94. The van der Waals surface area contributed by atoms with Crippen molar-refractivity contribution in [3.05, 3.63) is 62.7 Å². The molecule has 0 aliphatic carbocycles. The third-order valence-electron chi connectivity index (χ3n) is 5.52. The highest BCUT2D eigenvalue weighted by molar-refractivity contribution is 7.91. The van der Waals surface area contributed by atoms with Crippen molar-refractivity contribution in [2.45, 2.75) is 37.5 Å². The number of nitrogens with one attached hydrogen (secondary N) is 1. The molecular weight excluding hydrogens is 448 g/mol. The Labute approximate surface area is 190 Å². The van der Waals surface area contributed by atoms with Gasteiger partial charge in [-0.15, -0.1) is 0 Å². The minimum Gasteiger partial charge on any atom is -0.351 e. The largest absolute Gasteiger partial charge is 0.351 e. The zero-order valence-corrected chi connectivity index (χ0v) is 19.3. The van der Waals surface area contributed by atoms with Crippen LogP contribution < -0.4 is 16.6 Å². The molecule has 176 valence electrons. The standard InChI is InChI=1S/C21H26N6O5S/c1-24(2)14-15-6-3-7-17-23-13-16(27(15)17)20(29)22-8-4-9-25-18(28)12-19-26(21(25)30)10-5-11-33(19,31)32/h3,6-7,12-13H,4-5,8-11,14H2,1-2H3,(H,22,29). The van der Waals surface area contributed by atoms with Gasteiger partial charge in [-0.3, -0.25) is 23.1 Å². The Balaban J connectivity index is 1.46. The molecule has 0 aromatic carbocycles. The Hall–Kier alpha value is -3.25. The fourth-order valence-electron chi connectivity index (χ4n) is 4.02. The van der Waals surface area contributed by atoms with Gasteiger partial charge in [0.15, 0.2) is 9.84 Å². The summed E-state index contributed by atoms with van der Waals surface area (Å²) >= 11 is 0. The van der Waals surface area contributed by atoms with E-state index in [2.05, 4.69) is 10.3 Å². The molecule has 0 saturated carbocycles. The van der Waals surface area contributed by atoms with Crippen molar-refractivity contribution in [2.75, 3.05) is 26.4 Å². The summed E-state index contributed by atoms with van der Waals surface area (Å²) in [7, 11) is 0.268. The lowest BCUT2D eigenvalue weighted by atomic mass is 10.3. The number of sulfone groups is 1. The predicted molar refractivity (Wildman–Crippen MR) is 121 cm³/mol. The van der Waals surface area contributed by atoms with E-state index in [0.29, 0.717) is 30.7 Å². The maximum Gasteiger partial charge on any atom is 0.331 e. The quantitative estimate of drug-likeness (QED) is 0.368. The minimum atomic E-state index is -3.61. The van der Waals surface area contributed by atoms with E-state index in [1.807, 2.05) is 37.2 Å². The Bertz CT molecular complexity index is 1430. The number of aromatic nitrogens is 4. The normalized spacial score (nSPS) is 15.0. The van der Waals surface area contributed by atoms with Crippen molar-refractivity contribution in [3.63, 3.8) is 0 Å². The van der Waals surface area contributed by atoms with Crippen molar-refractivity contribution in [1.29, 1.82) is 0 Å². The molecule has 1 aliphatic heterocycles. The molecule has 0 radical (unpaired) electrons. The van der Waals surface area contributed by atoms with Gasteiger partial charge in [0.1, 0.15) is 16.4 Å². The molecule has 1 aliphatic rings. The molecular formula is C21H26N6O5S. The number of carbonyl (C=O) groups excluding carboxylic acids is 1. The topological polar surface area (TPSA) is 128 Å². The predicted octanol–water partition coefficient (Wildman–Crippen LogP) is -0.283. The summed E-state index contributed by atoms with van der Waals surface area (Å²) in [6.07, 6.45) is 2.18. The number of pyridine rings is 1. The molecule has 12 heteroatoms. The second-order valence-corrected chi connectivity index (χ2v) is 10.3. The van der Waals surface area contributed by atoms with Crippen LogP contribution in [0.2, 0.25) is 0 Å².